The van der Waals surface area contributed by atoms with Crippen molar-refractivity contribution in [1.29, 1.82) is 0 Å². The Kier molecular flexibility index (Phi) is 6.67. The van der Waals surface area contributed by atoms with Crippen LogP contribution < -0.4 is 15.4 Å². The van der Waals surface area contributed by atoms with E-state index in [0.717, 1.165) is 25.3 Å². The fraction of sp³-hybridized carbons (Fsp3) is 0.360. The summed E-state index contributed by atoms with van der Waals surface area (Å²) in [6.07, 6.45) is 3.97. The van der Waals surface area contributed by atoms with E-state index in [2.05, 4.69) is 55.3 Å². The molecule has 1 aromatic heterocycles. The molecule has 1 aliphatic carbocycles. The van der Waals surface area contributed by atoms with Crippen LogP contribution in [0.25, 0.3) is 0 Å². The van der Waals surface area contributed by atoms with E-state index < -0.39 is 10.0 Å². The smallest absolute Gasteiger partial charge is 0.242 e. The molecule has 0 amide bonds. The van der Waals surface area contributed by atoms with Gasteiger partial charge in [0.05, 0.1) is 11.9 Å². The summed E-state index contributed by atoms with van der Waals surface area (Å²) >= 11 is 6.35. The number of anilines is 4. The first-order valence-electron chi connectivity index (χ1n) is 11.8. The molecule has 2 unspecified atom stereocenters. The van der Waals surface area contributed by atoms with E-state index in [1.54, 1.807) is 18.2 Å². The van der Waals surface area contributed by atoms with E-state index in [1.807, 2.05) is 0 Å². The second-order valence-electron chi connectivity index (χ2n) is 9.01. The zero-order valence-corrected chi connectivity index (χ0v) is 21.3. The lowest BCUT2D eigenvalue weighted by Gasteiger charge is -2.27. The number of aromatic nitrogens is 2. The number of benzene rings is 2. The second-order valence-corrected chi connectivity index (χ2v) is 11.3. The molecule has 35 heavy (non-hydrogen) atoms. The second kappa shape index (κ2) is 9.73. The van der Waals surface area contributed by atoms with Gasteiger partial charge in [-0.1, -0.05) is 36.7 Å². The van der Waals surface area contributed by atoms with Crippen LogP contribution in [0.1, 0.15) is 42.7 Å². The normalized spacial score (nSPS) is 19.7. The van der Waals surface area contributed by atoms with Crippen molar-refractivity contribution in [1.82, 2.24) is 19.6 Å². The predicted molar refractivity (Wildman–Crippen MR) is 140 cm³/mol. The summed E-state index contributed by atoms with van der Waals surface area (Å²) in [5, 5.41) is 6.64. The van der Waals surface area contributed by atoms with Crippen LogP contribution in [0.5, 0.6) is 0 Å². The largest absolute Gasteiger partial charge is 0.338 e. The van der Waals surface area contributed by atoms with Gasteiger partial charge >= 0.3 is 0 Å². The lowest BCUT2D eigenvalue weighted by Crippen LogP contribution is -2.27. The van der Waals surface area contributed by atoms with Gasteiger partial charge in [0.1, 0.15) is 9.92 Å². The van der Waals surface area contributed by atoms with E-state index >= 15 is 0 Å². The van der Waals surface area contributed by atoms with Crippen LogP contribution in [0.2, 0.25) is 5.02 Å². The first-order valence-corrected chi connectivity index (χ1v) is 13.7. The van der Waals surface area contributed by atoms with Crippen molar-refractivity contribution in [3.05, 3.63) is 64.8 Å². The summed E-state index contributed by atoms with van der Waals surface area (Å²) in [7, 11) is -2.29. The van der Waals surface area contributed by atoms with Crippen molar-refractivity contribution in [2.24, 2.45) is 0 Å². The van der Waals surface area contributed by atoms with Crippen molar-refractivity contribution in [2.75, 3.05) is 37.3 Å². The van der Waals surface area contributed by atoms with Gasteiger partial charge < -0.3 is 15.5 Å². The monoisotopic (exact) mass is 512 g/mol. The van der Waals surface area contributed by atoms with Gasteiger partial charge in [0, 0.05) is 18.8 Å². The summed E-state index contributed by atoms with van der Waals surface area (Å²) in [5.74, 6) is 1.82. The number of rotatable bonds is 7. The van der Waals surface area contributed by atoms with E-state index in [1.165, 1.54) is 43.3 Å². The number of sulfonamides is 1. The maximum Gasteiger partial charge on any atom is 0.242 e. The summed E-state index contributed by atoms with van der Waals surface area (Å²) in [6.45, 7) is 5.55. The van der Waals surface area contributed by atoms with Crippen LogP contribution in [0.3, 0.4) is 0 Å². The highest BCUT2D eigenvalue weighted by Gasteiger charge is 2.33. The van der Waals surface area contributed by atoms with Gasteiger partial charge in [-0.25, -0.2) is 18.1 Å². The molecule has 0 saturated carbocycles. The molecule has 2 aromatic carbocycles. The standard InChI is InChI=1S/C25H29ClN6O2S/c1-3-32-14-16-8-9-17(15-32)20-12-18(10-11-19(16)20)29-25-28-13-21(26)24(31-25)30-22-6-4-5-7-23(22)35(33,34)27-2/h4-7,10-13,16-17,27H,3,8-9,14-15H2,1-2H3,(H2,28,29,30,31). The molecule has 184 valence electrons. The molecule has 1 saturated heterocycles. The zero-order chi connectivity index (χ0) is 24.6. The maximum absolute atomic E-state index is 12.4. The first kappa shape index (κ1) is 24.0. The van der Waals surface area contributed by atoms with E-state index in [-0.39, 0.29) is 9.92 Å². The molecule has 3 aliphatic rings. The Hall–Kier alpha value is -2.72. The van der Waals surface area contributed by atoms with Crippen LogP contribution >= 0.6 is 11.6 Å². The Labute approximate surface area is 211 Å². The van der Waals surface area contributed by atoms with E-state index in [9.17, 15) is 8.42 Å². The van der Waals surface area contributed by atoms with E-state index in [0.29, 0.717) is 29.3 Å². The van der Waals surface area contributed by atoms with Crippen molar-refractivity contribution >= 4 is 44.8 Å². The molecule has 3 heterocycles. The van der Waals surface area contributed by atoms with Crippen molar-refractivity contribution in [3.63, 3.8) is 0 Å². The fourth-order valence-corrected chi connectivity index (χ4v) is 6.14. The lowest BCUT2D eigenvalue weighted by atomic mass is 9.78. The third-order valence-corrected chi connectivity index (χ3v) is 8.68. The van der Waals surface area contributed by atoms with Crippen molar-refractivity contribution in [2.45, 2.75) is 36.5 Å². The molecule has 1 fully saturated rings. The third kappa shape index (κ3) is 4.86. The fourth-order valence-electron chi connectivity index (χ4n) is 5.11. The Balaban J connectivity index is 1.41. The zero-order valence-electron chi connectivity index (χ0n) is 19.8. The highest BCUT2D eigenvalue weighted by atomic mass is 35.5. The minimum Gasteiger partial charge on any atom is -0.338 e. The topological polar surface area (TPSA) is 99.2 Å². The quantitative estimate of drug-likeness (QED) is 0.417. The van der Waals surface area contributed by atoms with E-state index in [4.69, 9.17) is 11.6 Å². The van der Waals surface area contributed by atoms with Gasteiger partial charge in [-0.2, -0.15) is 4.98 Å². The molecule has 3 N–H and O–H groups in total. The number of likely N-dealkylation sites (N-methyl/N-ethyl adjacent to an activating group) is 1. The van der Waals surface area contributed by atoms with Gasteiger partial charge in [-0.15, -0.1) is 0 Å². The number of para-hydroxylation sites is 1. The summed E-state index contributed by atoms with van der Waals surface area (Å²) in [6, 6.07) is 13.1. The Morgan fingerprint density at radius 1 is 1.06 bits per heavy atom. The maximum atomic E-state index is 12.4. The first-order chi connectivity index (χ1) is 16.9. The van der Waals surface area contributed by atoms with Crippen LogP contribution in [0.4, 0.5) is 23.1 Å². The number of nitrogens with one attached hydrogen (secondary N) is 3. The Bertz CT molecular complexity index is 1350. The molecular weight excluding hydrogens is 484 g/mol. The molecule has 8 nitrogen and oxygen atoms in total. The summed E-state index contributed by atoms with van der Waals surface area (Å²) in [4.78, 5) is 11.5. The number of nitrogens with zero attached hydrogens (tertiary/aromatic N) is 3. The average molecular weight is 513 g/mol. The number of hydrogen-bond acceptors (Lipinski definition) is 7. The van der Waals surface area contributed by atoms with Gasteiger partial charge in [-0.3, -0.25) is 0 Å². The van der Waals surface area contributed by atoms with Gasteiger partial charge in [0.15, 0.2) is 5.82 Å². The van der Waals surface area contributed by atoms with Crippen molar-refractivity contribution < 1.29 is 8.42 Å². The minimum absolute atomic E-state index is 0.105. The molecule has 10 heteroatoms. The highest BCUT2D eigenvalue weighted by Crippen LogP contribution is 2.43. The number of fused-ring (bicyclic) bond motifs is 3. The third-order valence-electron chi connectivity index (χ3n) is 6.93. The average Bonchev–Trinajstić information content (AvgIpc) is 3.17. The summed E-state index contributed by atoms with van der Waals surface area (Å²) < 4.78 is 27.2. The van der Waals surface area contributed by atoms with Crippen molar-refractivity contribution in [3.8, 4) is 0 Å². The van der Waals surface area contributed by atoms with Gasteiger partial charge in [0.25, 0.3) is 0 Å². The van der Waals surface area contributed by atoms with Crippen LogP contribution in [-0.2, 0) is 10.0 Å². The molecule has 0 radical (unpaired) electrons. The molecule has 6 rings (SSSR count). The van der Waals surface area contributed by atoms with Crippen LogP contribution in [0, 0.1) is 0 Å². The molecule has 2 aliphatic heterocycles. The lowest BCUT2D eigenvalue weighted by molar-refractivity contribution is 0.285. The summed E-state index contributed by atoms with van der Waals surface area (Å²) in [5.41, 5.74) is 4.17. The predicted octanol–water partition coefficient (Wildman–Crippen LogP) is 4.82. The highest BCUT2D eigenvalue weighted by molar-refractivity contribution is 7.89. The SMILES string of the molecule is CCN1CC2CCC(C1)c1cc(Nc3ncc(Cl)c(Nc4ccccc4S(=O)(=O)NC)n3)ccc12. The Morgan fingerprint density at radius 3 is 2.54 bits per heavy atom. The van der Waals surface area contributed by atoms with Crippen LogP contribution in [0.15, 0.2) is 53.6 Å². The van der Waals surface area contributed by atoms with Gasteiger partial charge in [-0.05, 0) is 73.7 Å². The molecule has 2 atom stereocenters. The molecule has 2 bridgehead atoms. The molecule has 0 spiro atoms. The number of hydrogen-bond donors (Lipinski definition) is 3. The van der Waals surface area contributed by atoms with Gasteiger partial charge in [0.2, 0.25) is 16.0 Å². The molecule has 3 aromatic rings. The molecular formula is C25H29ClN6O2S. The number of halogens is 1. The minimum atomic E-state index is -3.66. The van der Waals surface area contributed by atoms with Crippen LogP contribution in [-0.4, -0.2) is 50.0 Å². The Morgan fingerprint density at radius 2 is 1.80 bits per heavy atom.